The number of carbonyl (C=O) groups is 2. The highest BCUT2D eigenvalue weighted by Crippen LogP contribution is 2.22. The average Bonchev–Trinajstić information content (AvgIpc) is 3.18. The van der Waals surface area contributed by atoms with Crippen molar-refractivity contribution in [2.75, 3.05) is 32.1 Å². The molecule has 0 saturated heterocycles. The van der Waals surface area contributed by atoms with E-state index in [1.54, 1.807) is 13.2 Å². The van der Waals surface area contributed by atoms with Gasteiger partial charge >= 0.3 is 0 Å². The van der Waals surface area contributed by atoms with Crippen molar-refractivity contribution in [3.63, 3.8) is 0 Å². The number of benzene rings is 2. The summed E-state index contributed by atoms with van der Waals surface area (Å²) in [6, 6.07) is 11.1. The maximum Gasteiger partial charge on any atom is 0.279 e. The Morgan fingerprint density at radius 2 is 1.81 bits per heavy atom. The van der Waals surface area contributed by atoms with E-state index >= 15 is 0 Å². The van der Waals surface area contributed by atoms with E-state index in [4.69, 9.17) is 4.74 Å². The molecule has 0 bridgehead atoms. The summed E-state index contributed by atoms with van der Waals surface area (Å²) in [5.74, 6) is -0.686. The van der Waals surface area contributed by atoms with Crippen molar-refractivity contribution in [3.8, 4) is 0 Å². The molecule has 0 saturated carbocycles. The molecule has 0 spiro atoms. The first kappa shape index (κ1) is 27.2. The minimum Gasteiger partial charge on any atom is -0.383 e. The van der Waals surface area contributed by atoms with Crippen molar-refractivity contribution in [1.82, 2.24) is 8.87 Å². The maximum atomic E-state index is 13.0. The number of amides is 2. The third kappa shape index (κ3) is 6.24. The number of sulfonamides is 1. The molecular weight excluding hydrogens is 500 g/mol. The summed E-state index contributed by atoms with van der Waals surface area (Å²) in [7, 11) is -2.18. The molecule has 0 atom stereocenters. The van der Waals surface area contributed by atoms with Gasteiger partial charge in [-0.15, -0.1) is 13.2 Å². The summed E-state index contributed by atoms with van der Waals surface area (Å²) < 4.78 is 35.0. The highest BCUT2D eigenvalue weighted by molar-refractivity contribution is 7.89. The first-order chi connectivity index (χ1) is 17.2. The van der Waals surface area contributed by atoms with Crippen LogP contribution in [0, 0.1) is 0 Å². The Kier molecular flexibility index (Phi) is 9.10. The number of ether oxygens (including phenoxy) is 1. The quantitative estimate of drug-likeness (QED) is 0.384. The number of rotatable bonds is 11. The molecule has 3 rings (SSSR count). The lowest BCUT2D eigenvalue weighted by atomic mass is 10.2. The van der Waals surface area contributed by atoms with Gasteiger partial charge in [-0.2, -0.15) is 9.30 Å². The van der Waals surface area contributed by atoms with Crippen LogP contribution in [-0.2, 0) is 26.1 Å². The molecule has 2 aromatic carbocycles. The SMILES string of the molecule is C=CCN(CC=C)S(=O)(=O)c1ccc(C(=O)N=c2sc3cc(NC(C)=O)ccc3n2CCOC)cc1. The molecule has 9 nitrogen and oxygen atoms in total. The van der Waals surface area contributed by atoms with E-state index < -0.39 is 15.9 Å². The normalized spacial score (nSPS) is 12.1. The fourth-order valence-corrected chi connectivity index (χ4v) is 5.94. The summed E-state index contributed by atoms with van der Waals surface area (Å²) >= 11 is 1.31. The Balaban J connectivity index is 1.97. The molecule has 0 aliphatic heterocycles. The summed E-state index contributed by atoms with van der Waals surface area (Å²) in [5, 5.41) is 2.75. The van der Waals surface area contributed by atoms with Gasteiger partial charge in [-0.3, -0.25) is 9.59 Å². The van der Waals surface area contributed by atoms with Crippen molar-refractivity contribution < 1.29 is 22.7 Å². The minimum atomic E-state index is -3.77. The van der Waals surface area contributed by atoms with Crippen LogP contribution < -0.4 is 10.1 Å². The summed E-state index contributed by atoms with van der Waals surface area (Å²) in [4.78, 5) is 29.2. The summed E-state index contributed by atoms with van der Waals surface area (Å²) in [5.41, 5.74) is 1.75. The number of methoxy groups -OCH3 is 1. The van der Waals surface area contributed by atoms with Gasteiger partial charge in [0.25, 0.3) is 5.91 Å². The van der Waals surface area contributed by atoms with Crippen molar-refractivity contribution in [1.29, 1.82) is 0 Å². The monoisotopic (exact) mass is 528 g/mol. The smallest absolute Gasteiger partial charge is 0.279 e. The zero-order valence-corrected chi connectivity index (χ0v) is 21.8. The molecule has 0 radical (unpaired) electrons. The molecule has 3 aromatic rings. The topological polar surface area (TPSA) is 110 Å². The van der Waals surface area contributed by atoms with Crippen LogP contribution in [0.3, 0.4) is 0 Å². The van der Waals surface area contributed by atoms with Crippen LogP contribution in [0.4, 0.5) is 5.69 Å². The standard InChI is InChI=1S/C25H28N4O5S2/c1-5-13-28(14-6-2)36(32,33)21-10-7-19(8-11-21)24(31)27-25-29(15-16-34-4)22-12-9-20(26-18(3)30)17-23(22)35-25/h5-12,17H,1-2,13-16H2,3-4H3,(H,26,30). The lowest BCUT2D eigenvalue weighted by molar-refractivity contribution is -0.114. The second-order valence-electron chi connectivity index (χ2n) is 7.73. The van der Waals surface area contributed by atoms with E-state index in [9.17, 15) is 18.0 Å². The van der Waals surface area contributed by atoms with Crippen LogP contribution in [0.5, 0.6) is 0 Å². The van der Waals surface area contributed by atoms with Crippen molar-refractivity contribution in [2.45, 2.75) is 18.4 Å². The Morgan fingerprint density at radius 1 is 1.14 bits per heavy atom. The van der Waals surface area contributed by atoms with Crippen LogP contribution in [0.1, 0.15) is 17.3 Å². The molecule has 0 fully saturated rings. The van der Waals surface area contributed by atoms with Gasteiger partial charge < -0.3 is 14.6 Å². The summed E-state index contributed by atoms with van der Waals surface area (Å²) in [6.07, 6.45) is 3.00. The van der Waals surface area contributed by atoms with Crippen LogP contribution in [0.15, 0.2) is 77.7 Å². The van der Waals surface area contributed by atoms with Crippen LogP contribution in [0.25, 0.3) is 10.2 Å². The van der Waals surface area contributed by atoms with E-state index in [0.717, 1.165) is 10.2 Å². The van der Waals surface area contributed by atoms with E-state index in [-0.39, 0.29) is 29.5 Å². The lowest BCUT2D eigenvalue weighted by Crippen LogP contribution is -2.31. The second kappa shape index (κ2) is 12.0. The van der Waals surface area contributed by atoms with E-state index in [1.807, 2.05) is 16.7 Å². The molecular formula is C25H28N4O5S2. The van der Waals surface area contributed by atoms with Gasteiger partial charge in [0.15, 0.2) is 4.80 Å². The minimum absolute atomic E-state index is 0.0604. The molecule has 1 N–H and O–H groups in total. The zero-order valence-electron chi connectivity index (χ0n) is 20.1. The first-order valence-corrected chi connectivity index (χ1v) is 13.3. The molecule has 1 heterocycles. The number of aromatic nitrogens is 1. The van der Waals surface area contributed by atoms with E-state index in [1.165, 1.54) is 59.0 Å². The van der Waals surface area contributed by atoms with Gasteiger partial charge in [-0.1, -0.05) is 23.5 Å². The maximum absolute atomic E-state index is 13.0. The number of carbonyl (C=O) groups excluding carboxylic acids is 2. The van der Waals surface area contributed by atoms with Gasteiger partial charge in [0.05, 0.1) is 21.7 Å². The van der Waals surface area contributed by atoms with Crippen molar-refractivity contribution >= 4 is 49.1 Å². The van der Waals surface area contributed by atoms with Gasteiger partial charge in [-0.05, 0) is 42.5 Å². The lowest BCUT2D eigenvalue weighted by Gasteiger charge is -2.19. The Morgan fingerprint density at radius 3 is 2.39 bits per heavy atom. The fraction of sp³-hybridized carbons (Fsp3) is 0.240. The van der Waals surface area contributed by atoms with Crippen molar-refractivity contribution in [3.05, 3.63) is 78.1 Å². The molecule has 1 aromatic heterocycles. The highest BCUT2D eigenvalue weighted by atomic mass is 32.2. The molecule has 0 aliphatic carbocycles. The number of thiazole rings is 1. The largest absolute Gasteiger partial charge is 0.383 e. The number of nitrogens with one attached hydrogen (secondary N) is 1. The van der Waals surface area contributed by atoms with Gasteiger partial charge in [-0.25, -0.2) is 8.42 Å². The molecule has 36 heavy (non-hydrogen) atoms. The predicted molar refractivity (Wildman–Crippen MR) is 141 cm³/mol. The van der Waals surface area contributed by atoms with Crippen molar-refractivity contribution in [2.24, 2.45) is 4.99 Å². The molecule has 0 unspecified atom stereocenters. The number of fused-ring (bicyclic) bond motifs is 1. The average molecular weight is 529 g/mol. The Hall–Kier alpha value is -3.38. The van der Waals surface area contributed by atoms with Gasteiger partial charge in [0, 0.05) is 44.9 Å². The van der Waals surface area contributed by atoms with Crippen LogP contribution in [-0.4, -0.2) is 55.9 Å². The number of anilines is 1. The van der Waals surface area contributed by atoms with Crippen LogP contribution in [0.2, 0.25) is 0 Å². The van der Waals surface area contributed by atoms with E-state index in [2.05, 4.69) is 23.5 Å². The number of hydrogen-bond acceptors (Lipinski definition) is 6. The summed E-state index contributed by atoms with van der Waals surface area (Å²) in [6.45, 7) is 9.81. The molecule has 0 aliphatic rings. The van der Waals surface area contributed by atoms with Gasteiger partial charge in [0.2, 0.25) is 15.9 Å². The highest BCUT2D eigenvalue weighted by Gasteiger charge is 2.22. The van der Waals surface area contributed by atoms with E-state index in [0.29, 0.717) is 23.6 Å². The third-order valence-corrected chi connectivity index (χ3v) is 8.01. The Labute approximate surface area is 214 Å². The zero-order chi connectivity index (χ0) is 26.3. The first-order valence-electron chi connectivity index (χ1n) is 11.0. The van der Waals surface area contributed by atoms with Gasteiger partial charge in [0.1, 0.15) is 0 Å². The molecule has 11 heteroatoms. The van der Waals surface area contributed by atoms with Crippen LogP contribution >= 0.6 is 11.3 Å². The second-order valence-corrected chi connectivity index (χ2v) is 10.7. The number of hydrogen-bond donors (Lipinski definition) is 1. The Bertz CT molecular complexity index is 1440. The fourth-order valence-electron chi connectivity index (χ4n) is 3.47. The third-order valence-electron chi connectivity index (χ3n) is 5.12. The molecule has 190 valence electrons. The number of nitrogens with zero attached hydrogens (tertiary/aromatic N) is 3. The molecule has 2 amide bonds. The predicted octanol–water partition coefficient (Wildman–Crippen LogP) is 3.41.